The van der Waals surface area contributed by atoms with Gasteiger partial charge in [-0.25, -0.2) is 0 Å². The molecule has 1 rings (SSSR count). The SMILES string of the molecule is CN=C(N)NCC(C)Oc1ccccc1OC. The lowest BCUT2D eigenvalue weighted by Gasteiger charge is -2.17. The van der Waals surface area contributed by atoms with Crippen LogP contribution in [-0.4, -0.2) is 32.8 Å². The predicted octanol–water partition coefficient (Wildman–Crippen LogP) is 0.997. The standard InChI is InChI=1S/C12H19N3O2/c1-9(8-15-12(13)14-2)17-11-7-5-4-6-10(11)16-3/h4-7,9H,8H2,1-3H3,(H3,13,14,15). The topological polar surface area (TPSA) is 68.9 Å². The maximum atomic E-state index is 5.73. The van der Waals surface area contributed by atoms with Crippen LogP contribution in [0.3, 0.4) is 0 Å². The minimum absolute atomic E-state index is 0.0356. The van der Waals surface area contributed by atoms with Gasteiger partial charge in [0.25, 0.3) is 0 Å². The number of aliphatic imine (C=N–C) groups is 1. The molecule has 0 aromatic heterocycles. The van der Waals surface area contributed by atoms with Gasteiger partial charge in [-0.2, -0.15) is 0 Å². The summed E-state index contributed by atoms with van der Waals surface area (Å²) < 4.78 is 10.9. The van der Waals surface area contributed by atoms with Gasteiger partial charge in [-0.3, -0.25) is 4.99 Å². The molecule has 1 aromatic rings. The van der Waals surface area contributed by atoms with Crippen LogP contribution in [0.5, 0.6) is 11.5 Å². The van der Waals surface area contributed by atoms with Crippen molar-refractivity contribution in [3.05, 3.63) is 24.3 Å². The number of nitrogens with zero attached hydrogens (tertiary/aromatic N) is 1. The van der Waals surface area contributed by atoms with E-state index in [0.29, 0.717) is 12.5 Å². The van der Waals surface area contributed by atoms with Crippen molar-refractivity contribution < 1.29 is 9.47 Å². The first-order chi connectivity index (χ1) is 8.17. The summed E-state index contributed by atoms with van der Waals surface area (Å²) >= 11 is 0. The number of nitrogens with one attached hydrogen (secondary N) is 1. The molecule has 94 valence electrons. The van der Waals surface area contributed by atoms with E-state index in [4.69, 9.17) is 15.2 Å². The molecule has 0 saturated carbocycles. The van der Waals surface area contributed by atoms with E-state index in [0.717, 1.165) is 11.5 Å². The average molecular weight is 237 g/mol. The van der Waals surface area contributed by atoms with Gasteiger partial charge < -0.3 is 20.5 Å². The molecular formula is C12H19N3O2. The van der Waals surface area contributed by atoms with E-state index in [2.05, 4.69) is 10.3 Å². The number of benzene rings is 1. The van der Waals surface area contributed by atoms with Crippen molar-refractivity contribution in [1.82, 2.24) is 5.32 Å². The monoisotopic (exact) mass is 237 g/mol. The lowest BCUT2D eigenvalue weighted by Crippen LogP contribution is -2.38. The lowest BCUT2D eigenvalue weighted by atomic mass is 10.3. The fraction of sp³-hybridized carbons (Fsp3) is 0.417. The summed E-state index contributed by atoms with van der Waals surface area (Å²) in [6.45, 7) is 2.53. The summed E-state index contributed by atoms with van der Waals surface area (Å²) in [4.78, 5) is 3.80. The minimum Gasteiger partial charge on any atom is -0.493 e. The van der Waals surface area contributed by atoms with Crippen molar-refractivity contribution >= 4 is 5.96 Å². The summed E-state index contributed by atoms with van der Waals surface area (Å²) in [7, 11) is 3.25. The lowest BCUT2D eigenvalue weighted by molar-refractivity contribution is 0.214. The first kappa shape index (κ1) is 13.2. The molecule has 1 aromatic carbocycles. The Kier molecular flexibility index (Phi) is 5.13. The third-order valence-electron chi connectivity index (χ3n) is 2.21. The van der Waals surface area contributed by atoms with E-state index in [9.17, 15) is 0 Å². The van der Waals surface area contributed by atoms with E-state index < -0.39 is 0 Å². The molecule has 0 aliphatic rings. The van der Waals surface area contributed by atoms with E-state index in [1.54, 1.807) is 14.2 Å². The minimum atomic E-state index is -0.0356. The van der Waals surface area contributed by atoms with Crippen molar-refractivity contribution in [3.8, 4) is 11.5 Å². The van der Waals surface area contributed by atoms with Crippen LogP contribution in [0, 0.1) is 0 Å². The normalized spacial score (nSPS) is 13.0. The van der Waals surface area contributed by atoms with Gasteiger partial charge in [0.05, 0.1) is 13.7 Å². The molecule has 0 aliphatic carbocycles. The van der Waals surface area contributed by atoms with Gasteiger partial charge in [-0.15, -0.1) is 0 Å². The first-order valence-electron chi connectivity index (χ1n) is 5.43. The molecule has 1 unspecified atom stereocenters. The van der Waals surface area contributed by atoms with Crippen molar-refractivity contribution in [2.45, 2.75) is 13.0 Å². The first-order valence-corrected chi connectivity index (χ1v) is 5.43. The van der Waals surface area contributed by atoms with Gasteiger partial charge in [0.1, 0.15) is 6.10 Å². The molecule has 0 heterocycles. The second-order valence-corrected chi connectivity index (χ2v) is 3.57. The summed E-state index contributed by atoms with van der Waals surface area (Å²) in [6.07, 6.45) is -0.0356. The highest BCUT2D eigenvalue weighted by atomic mass is 16.5. The third kappa shape index (κ3) is 4.22. The Morgan fingerprint density at radius 2 is 2.06 bits per heavy atom. The molecule has 5 heteroatoms. The summed E-state index contributed by atoms with van der Waals surface area (Å²) in [5.74, 6) is 1.84. The Balaban J connectivity index is 2.52. The molecule has 3 N–H and O–H groups in total. The molecule has 0 aliphatic heterocycles. The Hall–Kier alpha value is -1.91. The highest BCUT2D eigenvalue weighted by molar-refractivity contribution is 5.77. The molecule has 1 atom stereocenters. The molecule has 0 spiro atoms. The number of ether oxygens (including phenoxy) is 2. The van der Waals surface area contributed by atoms with Crippen LogP contribution in [0.1, 0.15) is 6.92 Å². The second-order valence-electron chi connectivity index (χ2n) is 3.57. The van der Waals surface area contributed by atoms with Crippen LogP contribution in [0.25, 0.3) is 0 Å². The highest BCUT2D eigenvalue weighted by Crippen LogP contribution is 2.26. The predicted molar refractivity (Wildman–Crippen MR) is 68.6 cm³/mol. The van der Waals surface area contributed by atoms with Gasteiger partial charge in [0, 0.05) is 7.05 Å². The van der Waals surface area contributed by atoms with Crippen molar-refractivity contribution in [1.29, 1.82) is 0 Å². The zero-order valence-corrected chi connectivity index (χ0v) is 10.4. The van der Waals surface area contributed by atoms with E-state index in [-0.39, 0.29) is 6.10 Å². The summed E-state index contributed by atoms with van der Waals surface area (Å²) in [5, 5.41) is 2.95. The summed E-state index contributed by atoms with van der Waals surface area (Å²) in [6, 6.07) is 7.53. The molecule has 0 saturated heterocycles. The number of hydrogen-bond donors (Lipinski definition) is 2. The molecule has 0 fully saturated rings. The number of methoxy groups -OCH3 is 1. The van der Waals surface area contributed by atoms with Crippen LogP contribution >= 0.6 is 0 Å². The molecule has 17 heavy (non-hydrogen) atoms. The Morgan fingerprint density at radius 3 is 2.65 bits per heavy atom. The fourth-order valence-corrected chi connectivity index (χ4v) is 1.30. The number of rotatable bonds is 5. The number of para-hydroxylation sites is 2. The van der Waals surface area contributed by atoms with E-state index in [1.165, 1.54) is 0 Å². The molecule has 0 radical (unpaired) electrons. The Morgan fingerprint density at radius 1 is 1.41 bits per heavy atom. The van der Waals surface area contributed by atoms with Crippen molar-refractivity contribution in [3.63, 3.8) is 0 Å². The number of nitrogens with two attached hydrogens (primary N) is 1. The van der Waals surface area contributed by atoms with Crippen molar-refractivity contribution in [2.24, 2.45) is 10.7 Å². The fourth-order valence-electron chi connectivity index (χ4n) is 1.30. The van der Waals surface area contributed by atoms with Gasteiger partial charge in [-0.05, 0) is 19.1 Å². The maximum absolute atomic E-state index is 5.73. The van der Waals surface area contributed by atoms with Crippen LogP contribution < -0.4 is 20.5 Å². The molecule has 0 amide bonds. The quantitative estimate of drug-likeness (QED) is 0.592. The van der Waals surface area contributed by atoms with Gasteiger partial charge in [0.2, 0.25) is 0 Å². The van der Waals surface area contributed by atoms with Crippen LogP contribution in [-0.2, 0) is 0 Å². The van der Waals surface area contributed by atoms with Crippen LogP contribution in [0.15, 0.2) is 29.3 Å². The Bertz CT molecular complexity index is 380. The van der Waals surface area contributed by atoms with Crippen molar-refractivity contribution in [2.75, 3.05) is 20.7 Å². The average Bonchev–Trinajstić information content (AvgIpc) is 2.36. The van der Waals surface area contributed by atoms with Crippen LogP contribution in [0.2, 0.25) is 0 Å². The van der Waals surface area contributed by atoms with Gasteiger partial charge >= 0.3 is 0 Å². The largest absolute Gasteiger partial charge is 0.493 e. The molecular weight excluding hydrogens is 218 g/mol. The zero-order valence-electron chi connectivity index (χ0n) is 10.4. The number of guanidine groups is 1. The smallest absolute Gasteiger partial charge is 0.188 e. The Labute approximate surface area is 102 Å². The molecule has 0 bridgehead atoms. The highest BCUT2D eigenvalue weighted by Gasteiger charge is 2.08. The maximum Gasteiger partial charge on any atom is 0.188 e. The number of hydrogen-bond acceptors (Lipinski definition) is 3. The van der Waals surface area contributed by atoms with E-state index in [1.807, 2.05) is 31.2 Å². The van der Waals surface area contributed by atoms with Gasteiger partial charge in [-0.1, -0.05) is 12.1 Å². The zero-order chi connectivity index (χ0) is 12.7. The third-order valence-corrected chi connectivity index (χ3v) is 2.21. The molecule has 5 nitrogen and oxygen atoms in total. The van der Waals surface area contributed by atoms with Crippen LogP contribution in [0.4, 0.5) is 0 Å². The van der Waals surface area contributed by atoms with E-state index >= 15 is 0 Å². The summed E-state index contributed by atoms with van der Waals surface area (Å²) in [5.41, 5.74) is 5.53. The second kappa shape index (κ2) is 6.62. The van der Waals surface area contributed by atoms with Gasteiger partial charge in [0.15, 0.2) is 17.5 Å².